The summed E-state index contributed by atoms with van der Waals surface area (Å²) in [7, 11) is 0. The van der Waals surface area contributed by atoms with E-state index in [9.17, 15) is 0 Å². The fraction of sp³-hybridized carbons (Fsp3) is 0. The average Bonchev–Trinajstić information content (AvgIpc) is 3.70. The number of hydrogen-bond donors (Lipinski definition) is 0. The highest BCUT2D eigenvalue weighted by Gasteiger charge is 2.20. The van der Waals surface area contributed by atoms with Crippen LogP contribution in [0.3, 0.4) is 0 Å². The normalized spacial score (nSPS) is 11.9. The summed E-state index contributed by atoms with van der Waals surface area (Å²) in [4.78, 5) is 20.0. The number of furan rings is 1. The molecule has 4 heterocycles. The Bertz CT molecular complexity index is 2830. The Morgan fingerprint density at radius 3 is 2.04 bits per heavy atom. The number of aromatic nitrogens is 4. The number of nitrogens with zero attached hydrogens (tertiary/aromatic N) is 4. The minimum absolute atomic E-state index is 0.559. The van der Waals surface area contributed by atoms with Crippen LogP contribution in [0.2, 0.25) is 0 Å². The summed E-state index contributed by atoms with van der Waals surface area (Å²) < 4.78 is 8.91. The van der Waals surface area contributed by atoms with Crippen LogP contribution in [0, 0.1) is 0 Å². The lowest BCUT2D eigenvalue weighted by Gasteiger charge is -2.10. The van der Waals surface area contributed by atoms with Crippen LogP contribution >= 0.6 is 11.3 Å². The number of rotatable bonds is 3. The molecule has 0 saturated heterocycles. The Kier molecular flexibility index (Phi) is 5.38. The lowest BCUT2D eigenvalue weighted by atomic mass is 10.0. The van der Waals surface area contributed by atoms with Gasteiger partial charge in [0.05, 0.1) is 5.39 Å². The third-order valence-electron chi connectivity index (χ3n) is 8.78. The third-order valence-corrected chi connectivity index (χ3v) is 9.93. The van der Waals surface area contributed by atoms with Crippen LogP contribution in [0.15, 0.2) is 138 Å². The van der Waals surface area contributed by atoms with Gasteiger partial charge in [-0.3, -0.25) is 0 Å². The topological polar surface area (TPSA) is 64.7 Å². The predicted molar refractivity (Wildman–Crippen MR) is 189 cm³/mol. The van der Waals surface area contributed by atoms with E-state index in [-0.39, 0.29) is 0 Å². The van der Waals surface area contributed by atoms with Crippen LogP contribution in [0.4, 0.5) is 0 Å². The van der Waals surface area contributed by atoms with Gasteiger partial charge in [0.15, 0.2) is 17.5 Å². The van der Waals surface area contributed by atoms with E-state index in [1.54, 1.807) is 17.5 Å². The van der Waals surface area contributed by atoms with Crippen molar-refractivity contribution in [3.63, 3.8) is 0 Å². The molecule has 0 fully saturated rings. The van der Waals surface area contributed by atoms with Gasteiger partial charge in [0.25, 0.3) is 0 Å². The summed E-state index contributed by atoms with van der Waals surface area (Å²) in [6, 6.07) is 44.2. The van der Waals surface area contributed by atoms with Crippen LogP contribution in [-0.2, 0) is 0 Å². The van der Waals surface area contributed by atoms with Crippen LogP contribution < -0.4 is 0 Å². The van der Waals surface area contributed by atoms with E-state index in [4.69, 9.17) is 19.4 Å². The molecule has 0 spiro atoms. The molecule has 0 bridgehead atoms. The molecule has 0 aliphatic carbocycles. The molecule has 0 N–H and O–H groups in total. The van der Waals surface area contributed by atoms with Gasteiger partial charge in [-0.2, -0.15) is 0 Å². The van der Waals surface area contributed by atoms with Crippen molar-refractivity contribution in [3.05, 3.63) is 134 Å². The molecule has 0 radical (unpaired) electrons. The van der Waals surface area contributed by atoms with Crippen molar-refractivity contribution >= 4 is 75.1 Å². The average molecular weight is 607 g/mol. The monoisotopic (exact) mass is 606 g/mol. The second-order valence-corrected chi connectivity index (χ2v) is 12.6. The lowest BCUT2D eigenvalue weighted by molar-refractivity contribution is 0.657. The van der Waals surface area contributed by atoms with Gasteiger partial charge in [0, 0.05) is 53.8 Å². The molecular formula is C40H22N4OS. The van der Waals surface area contributed by atoms with Crippen molar-refractivity contribution < 1.29 is 4.42 Å². The summed E-state index contributed by atoms with van der Waals surface area (Å²) in [6.45, 7) is 0. The standard InChI is InChI=1S/C40H22N4OS/c1-2-9-25-21-26(14-13-23(25)7-1)37-42-38(27-16-18-34-32(22-27)29-11-5-6-12-33(29)46-34)44-39(43-37)31-19-20-41-40-35(31)30-17-15-24-8-3-4-10-28(24)36(30)45-40/h1-22H. The van der Waals surface area contributed by atoms with Gasteiger partial charge < -0.3 is 4.42 Å². The maximum Gasteiger partial charge on any atom is 0.228 e. The lowest BCUT2D eigenvalue weighted by Crippen LogP contribution is -2.00. The Hall–Kier alpha value is -5.98. The van der Waals surface area contributed by atoms with Gasteiger partial charge in [0.1, 0.15) is 5.58 Å². The number of benzene rings is 6. The Morgan fingerprint density at radius 2 is 1.15 bits per heavy atom. The van der Waals surface area contributed by atoms with E-state index in [1.807, 2.05) is 18.2 Å². The molecular weight excluding hydrogens is 585 g/mol. The molecule has 5 nitrogen and oxygen atoms in total. The highest BCUT2D eigenvalue weighted by Crippen LogP contribution is 2.40. The van der Waals surface area contributed by atoms with E-state index >= 15 is 0 Å². The van der Waals surface area contributed by atoms with Gasteiger partial charge in [-0.15, -0.1) is 11.3 Å². The van der Waals surface area contributed by atoms with Crippen molar-refractivity contribution in [3.8, 4) is 34.2 Å². The maximum absolute atomic E-state index is 6.40. The van der Waals surface area contributed by atoms with Crippen molar-refractivity contribution in [1.82, 2.24) is 19.9 Å². The summed E-state index contributed by atoms with van der Waals surface area (Å²) in [5.41, 5.74) is 4.09. The van der Waals surface area contributed by atoms with Gasteiger partial charge in [-0.1, -0.05) is 84.9 Å². The molecule has 0 aliphatic rings. The van der Waals surface area contributed by atoms with Crippen LogP contribution in [0.5, 0.6) is 0 Å². The zero-order valence-corrected chi connectivity index (χ0v) is 25.1. The van der Waals surface area contributed by atoms with Gasteiger partial charge in [0.2, 0.25) is 5.71 Å². The summed E-state index contributed by atoms with van der Waals surface area (Å²) in [6.07, 6.45) is 1.77. The molecule has 46 heavy (non-hydrogen) atoms. The van der Waals surface area contributed by atoms with Crippen LogP contribution in [-0.4, -0.2) is 19.9 Å². The maximum atomic E-state index is 6.40. The molecule has 0 saturated carbocycles. The fourth-order valence-electron chi connectivity index (χ4n) is 6.56. The smallest absolute Gasteiger partial charge is 0.228 e. The first-order valence-corrected chi connectivity index (χ1v) is 15.9. The molecule has 10 aromatic rings. The van der Waals surface area contributed by atoms with Gasteiger partial charge >= 0.3 is 0 Å². The molecule has 4 aromatic heterocycles. The number of fused-ring (bicyclic) bond motifs is 9. The molecule has 6 heteroatoms. The Morgan fingerprint density at radius 1 is 0.478 bits per heavy atom. The van der Waals surface area contributed by atoms with E-state index in [2.05, 4.69) is 114 Å². The first kappa shape index (κ1) is 25.4. The summed E-state index contributed by atoms with van der Waals surface area (Å²) in [5.74, 6) is 1.81. The van der Waals surface area contributed by atoms with Crippen LogP contribution in [0.1, 0.15) is 0 Å². The van der Waals surface area contributed by atoms with Crippen molar-refractivity contribution in [2.75, 3.05) is 0 Å². The van der Waals surface area contributed by atoms with Crippen molar-refractivity contribution in [2.45, 2.75) is 0 Å². The third kappa shape index (κ3) is 3.87. The second-order valence-electron chi connectivity index (χ2n) is 11.5. The zero-order valence-electron chi connectivity index (χ0n) is 24.3. The molecule has 0 atom stereocenters. The first-order valence-electron chi connectivity index (χ1n) is 15.1. The van der Waals surface area contributed by atoms with Crippen molar-refractivity contribution in [1.29, 1.82) is 0 Å². The minimum atomic E-state index is 0.559. The molecule has 214 valence electrons. The molecule has 10 rings (SSSR count). The van der Waals surface area contributed by atoms with Gasteiger partial charge in [-0.05, 0) is 58.6 Å². The summed E-state index contributed by atoms with van der Waals surface area (Å²) >= 11 is 1.80. The second kappa shape index (κ2) is 9.76. The Balaban J connectivity index is 1.25. The number of thiophene rings is 1. The largest absolute Gasteiger partial charge is 0.437 e. The minimum Gasteiger partial charge on any atom is -0.437 e. The van der Waals surface area contributed by atoms with E-state index in [0.29, 0.717) is 23.2 Å². The fourth-order valence-corrected chi connectivity index (χ4v) is 7.65. The highest BCUT2D eigenvalue weighted by atomic mass is 32.1. The molecule has 6 aromatic carbocycles. The van der Waals surface area contributed by atoms with E-state index in [1.165, 1.54) is 25.6 Å². The number of hydrogen-bond acceptors (Lipinski definition) is 6. The first-order chi connectivity index (χ1) is 22.8. The molecule has 0 aliphatic heterocycles. The van der Waals surface area contributed by atoms with Crippen LogP contribution in [0.25, 0.3) is 97.9 Å². The molecule has 0 unspecified atom stereocenters. The van der Waals surface area contributed by atoms with Gasteiger partial charge in [-0.25, -0.2) is 19.9 Å². The predicted octanol–water partition coefficient (Wildman–Crippen LogP) is 10.8. The quantitative estimate of drug-likeness (QED) is 0.200. The molecule has 0 amide bonds. The summed E-state index contributed by atoms with van der Waals surface area (Å²) in [5, 5.41) is 8.78. The van der Waals surface area contributed by atoms with E-state index in [0.717, 1.165) is 49.2 Å². The SMILES string of the molecule is c1ccc2cc(-c3nc(-c4ccc5sc6ccccc6c5c4)nc(-c4ccnc5oc6c7ccccc7ccc6c45)n3)ccc2c1. The number of pyridine rings is 1. The van der Waals surface area contributed by atoms with E-state index < -0.39 is 0 Å². The van der Waals surface area contributed by atoms with Crippen molar-refractivity contribution in [2.24, 2.45) is 0 Å². The zero-order chi connectivity index (χ0) is 30.2. The highest BCUT2D eigenvalue weighted by molar-refractivity contribution is 7.25. The Labute approximate surface area is 266 Å².